The van der Waals surface area contributed by atoms with E-state index >= 15 is 0 Å². The Bertz CT molecular complexity index is 913. The van der Waals surface area contributed by atoms with Crippen LogP contribution in [0.5, 0.6) is 0 Å². The largest absolute Gasteiger partial charge is 0.384 e. The highest BCUT2D eigenvalue weighted by Crippen LogP contribution is 2.21. The Labute approximate surface area is 151 Å². The van der Waals surface area contributed by atoms with Crippen LogP contribution in [0.25, 0.3) is 17.2 Å². The predicted molar refractivity (Wildman–Crippen MR) is 104 cm³/mol. The van der Waals surface area contributed by atoms with E-state index in [2.05, 4.69) is 4.99 Å². The number of amidine groups is 1. The third kappa shape index (κ3) is 4.78. The van der Waals surface area contributed by atoms with Gasteiger partial charge in [0.05, 0.1) is 5.69 Å². The third-order valence-corrected chi connectivity index (χ3v) is 3.85. The number of hydrogen-bond acceptors (Lipinski definition) is 1. The van der Waals surface area contributed by atoms with Crippen molar-refractivity contribution in [3.8, 4) is 11.1 Å². The number of nitrogens with zero attached hydrogens (tertiary/aromatic N) is 1. The molecule has 0 unspecified atom stereocenters. The summed E-state index contributed by atoms with van der Waals surface area (Å²) >= 11 is 5.84. The van der Waals surface area contributed by atoms with E-state index in [9.17, 15) is 4.39 Å². The van der Waals surface area contributed by atoms with Crippen LogP contribution in [-0.2, 0) is 0 Å². The average molecular weight is 351 g/mol. The van der Waals surface area contributed by atoms with Crippen LogP contribution in [-0.4, -0.2) is 5.84 Å². The summed E-state index contributed by atoms with van der Waals surface area (Å²) in [5.74, 6) is 0.157. The van der Waals surface area contributed by atoms with E-state index in [1.807, 2.05) is 36.4 Å². The van der Waals surface area contributed by atoms with E-state index in [0.717, 1.165) is 22.4 Å². The van der Waals surface area contributed by atoms with Gasteiger partial charge in [0.25, 0.3) is 0 Å². The Hall–Kier alpha value is -2.91. The van der Waals surface area contributed by atoms with Gasteiger partial charge in [-0.1, -0.05) is 54.1 Å². The maximum atomic E-state index is 13.3. The van der Waals surface area contributed by atoms with Crippen molar-refractivity contribution in [2.45, 2.75) is 0 Å². The lowest BCUT2D eigenvalue weighted by Crippen LogP contribution is -2.06. The number of hydrogen-bond donors (Lipinski definition) is 1. The van der Waals surface area contributed by atoms with E-state index in [1.54, 1.807) is 36.4 Å². The molecule has 2 N–H and O–H groups in total. The maximum Gasteiger partial charge on any atom is 0.124 e. The van der Waals surface area contributed by atoms with Crippen LogP contribution in [0.2, 0.25) is 5.02 Å². The second-order valence-corrected chi connectivity index (χ2v) is 5.92. The van der Waals surface area contributed by atoms with Crippen LogP contribution in [0.1, 0.15) is 5.56 Å². The maximum absolute atomic E-state index is 13.3. The third-order valence-electron chi connectivity index (χ3n) is 3.60. The van der Waals surface area contributed by atoms with Gasteiger partial charge in [-0.3, -0.25) is 0 Å². The topological polar surface area (TPSA) is 38.4 Å². The standard InChI is InChI=1S/C21H16ClFN2/c22-18-9-11-20(12-10-18)25-21(24)13-6-15-4-7-16(8-5-15)17-2-1-3-19(23)14-17/h1-14H,(H2,24,25). The molecular formula is C21H16ClFN2. The summed E-state index contributed by atoms with van der Waals surface area (Å²) in [7, 11) is 0. The fraction of sp³-hybridized carbons (Fsp3) is 0. The summed E-state index contributed by atoms with van der Waals surface area (Å²) in [5.41, 5.74) is 9.45. The summed E-state index contributed by atoms with van der Waals surface area (Å²) in [6, 6.07) is 21.5. The second-order valence-electron chi connectivity index (χ2n) is 5.48. The number of benzene rings is 3. The van der Waals surface area contributed by atoms with Gasteiger partial charge < -0.3 is 5.73 Å². The molecule has 0 aliphatic heterocycles. The quantitative estimate of drug-likeness (QED) is 0.465. The lowest BCUT2D eigenvalue weighted by atomic mass is 10.0. The molecule has 0 saturated carbocycles. The van der Waals surface area contributed by atoms with Gasteiger partial charge in [-0.15, -0.1) is 0 Å². The van der Waals surface area contributed by atoms with E-state index < -0.39 is 0 Å². The first-order valence-electron chi connectivity index (χ1n) is 7.74. The Morgan fingerprint density at radius 1 is 0.920 bits per heavy atom. The molecule has 0 fully saturated rings. The Kier molecular flexibility index (Phi) is 5.26. The van der Waals surface area contributed by atoms with Gasteiger partial charge in [0.2, 0.25) is 0 Å². The number of halogens is 2. The zero-order chi connectivity index (χ0) is 17.6. The van der Waals surface area contributed by atoms with Crippen LogP contribution < -0.4 is 5.73 Å². The van der Waals surface area contributed by atoms with E-state index in [0.29, 0.717) is 10.9 Å². The molecule has 124 valence electrons. The normalized spacial score (nSPS) is 11.8. The lowest BCUT2D eigenvalue weighted by molar-refractivity contribution is 0.628. The van der Waals surface area contributed by atoms with Crippen molar-refractivity contribution in [2.75, 3.05) is 0 Å². The second kappa shape index (κ2) is 7.77. The molecule has 3 rings (SSSR count). The molecular weight excluding hydrogens is 335 g/mol. The van der Waals surface area contributed by atoms with Gasteiger partial charge in [-0.25, -0.2) is 9.38 Å². The molecule has 3 aromatic rings. The van der Waals surface area contributed by atoms with Crippen LogP contribution in [0.3, 0.4) is 0 Å². The van der Waals surface area contributed by atoms with Gasteiger partial charge >= 0.3 is 0 Å². The van der Waals surface area contributed by atoms with E-state index in [1.165, 1.54) is 12.1 Å². The summed E-state index contributed by atoms with van der Waals surface area (Å²) in [6.45, 7) is 0. The lowest BCUT2D eigenvalue weighted by Gasteiger charge is -2.02. The number of nitrogens with two attached hydrogens (primary N) is 1. The van der Waals surface area contributed by atoms with Crippen LogP contribution >= 0.6 is 11.6 Å². The van der Waals surface area contributed by atoms with Crippen molar-refractivity contribution in [1.29, 1.82) is 0 Å². The molecule has 0 heterocycles. The number of aliphatic imine (C=N–C) groups is 1. The van der Waals surface area contributed by atoms with Gasteiger partial charge in [0.15, 0.2) is 0 Å². The molecule has 2 nitrogen and oxygen atoms in total. The molecule has 25 heavy (non-hydrogen) atoms. The fourth-order valence-corrected chi connectivity index (χ4v) is 2.46. The summed E-state index contributed by atoms with van der Waals surface area (Å²) < 4.78 is 13.3. The fourth-order valence-electron chi connectivity index (χ4n) is 2.34. The highest BCUT2D eigenvalue weighted by atomic mass is 35.5. The zero-order valence-corrected chi connectivity index (χ0v) is 14.1. The average Bonchev–Trinajstić information content (AvgIpc) is 2.62. The smallest absolute Gasteiger partial charge is 0.124 e. The van der Waals surface area contributed by atoms with Crippen LogP contribution in [0.4, 0.5) is 10.1 Å². The molecule has 3 aromatic carbocycles. The molecule has 0 amide bonds. The minimum atomic E-state index is -0.243. The Balaban J connectivity index is 1.72. The first kappa shape index (κ1) is 16.9. The van der Waals surface area contributed by atoms with E-state index in [4.69, 9.17) is 17.3 Å². The summed E-state index contributed by atoms with van der Waals surface area (Å²) in [4.78, 5) is 4.30. The minimum Gasteiger partial charge on any atom is -0.384 e. The van der Waals surface area contributed by atoms with Crippen LogP contribution in [0.15, 0.2) is 83.9 Å². The van der Waals surface area contributed by atoms with Crippen molar-refractivity contribution in [3.05, 3.63) is 95.3 Å². The molecule has 4 heteroatoms. The minimum absolute atomic E-state index is 0.243. The van der Waals surface area contributed by atoms with Crippen LogP contribution in [0, 0.1) is 5.82 Å². The molecule has 0 saturated heterocycles. The Morgan fingerprint density at radius 2 is 1.64 bits per heavy atom. The molecule has 0 bridgehead atoms. The first-order valence-corrected chi connectivity index (χ1v) is 8.12. The van der Waals surface area contributed by atoms with Crippen molar-refractivity contribution in [1.82, 2.24) is 0 Å². The van der Waals surface area contributed by atoms with E-state index in [-0.39, 0.29) is 5.82 Å². The molecule has 0 aliphatic rings. The zero-order valence-electron chi connectivity index (χ0n) is 13.4. The van der Waals surface area contributed by atoms with Gasteiger partial charge in [-0.2, -0.15) is 0 Å². The first-order chi connectivity index (χ1) is 12.1. The van der Waals surface area contributed by atoms with Crippen molar-refractivity contribution >= 4 is 29.2 Å². The van der Waals surface area contributed by atoms with Gasteiger partial charge in [0.1, 0.15) is 11.7 Å². The molecule has 0 spiro atoms. The van der Waals surface area contributed by atoms with Crippen molar-refractivity contribution < 1.29 is 4.39 Å². The highest BCUT2D eigenvalue weighted by molar-refractivity contribution is 6.30. The SMILES string of the molecule is NC(C=Cc1ccc(-c2cccc(F)c2)cc1)=Nc1ccc(Cl)cc1. The van der Waals surface area contributed by atoms with Crippen molar-refractivity contribution in [2.24, 2.45) is 10.7 Å². The van der Waals surface area contributed by atoms with Crippen molar-refractivity contribution in [3.63, 3.8) is 0 Å². The molecule has 0 atom stereocenters. The molecule has 0 aromatic heterocycles. The van der Waals surface area contributed by atoms with Gasteiger partial charge in [-0.05, 0) is 59.2 Å². The monoisotopic (exact) mass is 350 g/mol. The number of rotatable bonds is 4. The summed E-state index contributed by atoms with van der Waals surface area (Å²) in [6.07, 6.45) is 3.62. The predicted octanol–water partition coefficient (Wildman–Crippen LogP) is 5.85. The van der Waals surface area contributed by atoms with Gasteiger partial charge in [0, 0.05) is 5.02 Å². The molecule has 0 radical (unpaired) electrons. The highest BCUT2D eigenvalue weighted by Gasteiger charge is 1.99. The summed E-state index contributed by atoms with van der Waals surface area (Å²) in [5, 5.41) is 0.659. The Morgan fingerprint density at radius 3 is 2.32 bits per heavy atom. The molecule has 0 aliphatic carbocycles.